The van der Waals surface area contributed by atoms with Gasteiger partial charge in [-0.1, -0.05) is 19.8 Å². The highest BCUT2D eigenvalue weighted by atomic mass is 15.3. The number of aromatic nitrogens is 2. The third-order valence-corrected chi connectivity index (χ3v) is 4.24. The molecule has 1 fully saturated rings. The molecule has 0 bridgehead atoms. The second-order valence-corrected chi connectivity index (χ2v) is 5.49. The number of hydrogen-bond acceptors (Lipinski definition) is 3. The summed E-state index contributed by atoms with van der Waals surface area (Å²) in [6.07, 6.45) is 7.18. The van der Waals surface area contributed by atoms with Crippen molar-refractivity contribution in [3.8, 4) is 0 Å². The molecule has 0 spiro atoms. The van der Waals surface area contributed by atoms with Gasteiger partial charge in [0.2, 0.25) is 0 Å². The molecule has 1 aliphatic rings. The fourth-order valence-electron chi connectivity index (χ4n) is 3.08. The van der Waals surface area contributed by atoms with Crippen LogP contribution < -0.4 is 11.3 Å². The molecule has 0 aromatic carbocycles. The van der Waals surface area contributed by atoms with Crippen molar-refractivity contribution in [2.24, 2.45) is 24.7 Å². The molecule has 0 saturated heterocycles. The molecule has 4 heteroatoms. The summed E-state index contributed by atoms with van der Waals surface area (Å²) in [5.74, 6) is 7.24. The van der Waals surface area contributed by atoms with Gasteiger partial charge in [0.15, 0.2) is 0 Å². The van der Waals surface area contributed by atoms with E-state index in [0.29, 0.717) is 5.92 Å². The van der Waals surface area contributed by atoms with Crippen molar-refractivity contribution in [3.05, 3.63) is 17.5 Å². The van der Waals surface area contributed by atoms with E-state index in [9.17, 15) is 0 Å². The molecule has 1 heterocycles. The van der Waals surface area contributed by atoms with Crippen LogP contribution in [0.15, 0.2) is 6.20 Å². The lowest BCUT2D eigenvalue weighted by molar-refractivity contribution is 0.224. The quantitative estimate of drug-likeness (QED) is 0.624. The Morgan fingerprint density at radius 2 is 2.29 bits per heavy atom. The Hall–Kier alpha value is -0.870. The van der Waals surface area contributed by atoms with Crippen molar-refractivity contribution in [1.29, 1.82) is 0 Å². The zero-order valence-corrected chi connectivity index (χ0v) is 11.1. The normalized spacial score (nSPS) is 27.1. The highest BCUT2D eigenvalue weighted by Gasteiger charge is 2.29. The van der Waals surface area contributed by atoms with Crippen molar-refractivity contribution >= 4 is 0 Å². The summed E-state index contributed by atoms with van der Waals surface area (Å²) in [4.78, 5) is 0. The molecule has 0 aliphatic heterocycles. The van der Waals surface area contributed by atoms with Crippen LogP contribution in [0.25, 0.3) is 0 Å². The highest BCUT2D eigenvalue weighted by molar-refractivity contribution is 5.21. The smallest absolute Gasteiger partial charge is 0.0540 e. The summed E-state index contributed by atoms with van der Waals surface area (Å²) in [6.45, 7) is 4.45. The summed E-state index contributed by atoms with van der Waals surface area (Å²) in [5.41, 5.74) is 5.48. The van der Waals surface area contributed by atoms with E-state index in [1.54, 1.807) is 0 Å². The monoisotopic (exact) mass is 236 g/mol. The van der Waals surface area contributed by atoms with Gasteiger partial charge in [-0.15, -0.1) is 0 Å². The lowest BCUT2D eigenvalue weighted by atomic mass is 9.77. The van der Waals surface area contributed by atoms with Gasteiger partial charge in [0.05, 0.1) is 12.2 Å². The molecule has 96 valence electrons. The van der Waals surface area contributed by atoms with Crippen LogP contribution in [0.5, 0.6) is 0 Å². The molecule has 3 N–H and O–H groups in total. The van der Waals surface area contributed by atoms with E-state index in [2.05, 4.69) is 24.4 Å². The average Bonchev–Trinajstić information content (AvgIpc) is 2.63. The van der Waals surface area contributed by atoms with Gasteiger partial charge >= 0.3 is 0 Å². The fraction of sp³-hybridized carbons (Fsp3) is 0.769. The first-order valence-electron chi connectivity index (χ1n) is 6.58. The second kappa shape index (κ2) is 5.19. The van der Waals surface area contributed by atoms with Crippen LogP contribution in [0.4, 0.5) is 0 Å². The zero-order chi connectivity index (χ0) is 12.4. The number of hydrazine groups is 1. The van der Waals surface area contributed by atoms with E-state index < -0.39 is 0 Å². The summed E-state index contributed by atoms with van der Waals surface area (Å²) >= 11 is 0. The Morgan fingerprint density at radius 1 is 1.53 bits per heavy atom. The Morgan fingerprint density at radius 3 is 2.82 bits per heavy atom. The standard InChI is InChI=1S/C13H24N4/c1-9-5-4-6-11(7-9)13(16-14)12-8-15-17(3)10(12)2/h8-9,11,13,16H,4-7,14H2,1-3H3. The molecular formula is C13H24N4. The molecule has 1 saturated carbocycles. The maximum Gasteiger partial charge on any atom is 0.0540 e. The predicted octanol–water partition coefficient (Wildman–Crippen LogP) is 2.06. The molecule has 4 nitrogen and oxygen atoms in total. The van der Waals surface area contributed by atoms with Crippen LogP contribution in [-0.4, -0.2) is 9.78 Å². The van der Waals surface area contributed by atoms with Gasteiger partial charge in [0, 0.05) is 18.3 Å². The molecule has 3 atom stereocenters. The first kappa shape index (κ1) is 12.6. The van der Waals surface area contributed by atoms with Gasteiger partial charge in [-0.3, -0.25) is 16.0 Å². The van der Waals surface area contributed by atoms with Crippen molar-refractivity contribution < 1.29 is 0 Å². The fourth-order valence-corrected chi connectivity index (χ4v) is 3.08. The average molecular weight is 236 g/mol. The molecule has 1 aromatic heterocycles. The number of aryl methyl sites for hydroxylation is 1. The molecule has 3 unspecified atom stereocenters. The van der Waals surface area contributed by atoms with Gasteiger partial charge < -0.3 is 0 Å². The van der Waals surface area contributed by atoms with Crippen LogP contribution >= 0.6 is 0 Å². The number of rotatable bonds is 3. The summed E-state index contributed by atoms with van der Waals surface area (Å²) in [7, 11) is 1.98. The number of nitrogens with zero attached hydrogens (tertiary/aromatic N) is 2. The van der Waals surface area contributed by atoms with Crippen LogP contribution in [0, 0.1) is 18.8 Å². The Bertz CT molecular complexity index is 371. The van der Waals surface area contributed by atoms with E-state index in [1.807, 2.05) is 17.9 Å². The molecule has 0 radical (unpaired) electrons. The Kier molecular flexibility index (Phi) is 3.84. The van der Waals surface area contributed by atoms with Crippen LogP contribution in [0.1, 0.15) is 49.9 Å². The van der Waals surface area contributed by atoms with Gasteiger partial charge in [0.1, 0.15) is 0 Å². The Labute approximate surface area is 104 Å². The van der Waals surface area contributed by atoms with Crippen molar-refractivity contribution in [2.45, 2.75) is 45.6 Å². The van der Waals surface area contributed by atoms with E-state index in [1.165, 1.54) is 36.9 Å². The minimum absolute atomic E-state index is 0.256. The van der Waals surface area contributed by atoms with Gasteiger partial charge in [-0.05, 0) is 31.6 Å². The SMILES string of the molecule is Cc1c(C(NN)C2CCCC(C)C2)cnn1C. The first-order chi connectivity index (χ1) is 8.13. The number of hydrogen-bond donors (Lipinski definition) is 2. The largest absolute Gasteiger partial charge is 0.273 e. The molecule has 0 amide bonds. The van der Waals surface area contributed by atoms with Crippen LogP contribution in [0.2, 0.25) is 0 Å². The molecule has 1 aromatic rings. The third-order valence-electron chi connectivity index (χ3n) is 4.24. The number of nitrogens with two attached hydrogens (primary N) is 1. The maximum absolute atomic E-state index is 5.77. The van der Waals surface area contributed by atoms with Crippen molar-refractivity contribution in [2.75, 3.05) is 0 Å². The van der Waals surface area contributed by atoms with E-state index in [0.717, 1.165) is 5.92 Å². The first-order valence-corrected chi connectivity index (χ1v) is 6.58. The van der Waals surface area contributed by atoms with E-state index >= 15 is 0 Å². The van der Waals surface area contributed by atoms with Gasteiger partial charge in [-0.25, -0.2) is 0 Å². The number of nitrogens with one attached hydrogen (secondary N) is 1. The summed E-state index contributed by atoms with van der Waals surface area (Å²) < 4.78 is 1.92. The van der Waals surface area contributed by atoms with E-state index in [-0.39, 0.29) is 6.04 Å². The highest BCUT2D eigenvalue weighted by Crippen LogP contribution is 2.37. The second-order valence-electron chi connectivity index (χ2n) is 5.49. The predicted molar refractivity (Wildman–Crippen MR) is 69.1 cm³/mol. The maximum atomic E-state index is 5.77. The van der Waals surface area contributed by atoms with Gasteiger partial charge in [-0.2, -0.15) is 5.10 Å². The topological polar surface area (TPSA) is 55.9 Å². The van der Waals surface area contributed by atoms with Crippen LogP contribution in [-0.2, 0) is 7.05 Å². The van der Waals surface area contributed by atoms with E-state index in [4.69, 9.17) is 5.84 Å². The van der Waals surface area contributed by atoms with Crippen molar-refractivity contribution in [3.63, 3.8) is 0 Å². The van der Waals surface area contributed by atoms with Gasteiger partial charge in [0.25, 0.3) is 0 Å². The molecule has 1 aliphatic carbocycles. The zero-order valence-electron chi connectivity index (χ0n) is 11.1. The summed E-state index contributed by atoms with van der Waals surface area (Å²) in [5, 5.41) is 4.32. The minimum Gasteiger partial charge on any atom is -0.273 e. The molecule has 17 heavy (non-hydrogen) atoms. The Balaban J connectivity index is 2.18. The third kappa shape index (κ3) is 2.53. The van der Waals surface area contributed by atoms with Crippen molar-refractivity contribution in [1.82, 2.24) is 15.2 Å². The lowest BCUT2D eigenvalue weighted by Gasteiger charge is -2.32. The lowest BCUT2D eigenvalue weighted by Crippen LogP contribution is -2.35. The summed E-state index contributed by atoms with van der Waals surface area (Å²) in [6, 6.07) is 0.256. The van der Waals surface area contributed by atoms with Crippen LogP contribution in [0.3, 0.4) is 0 Å². The minimum atomic E-state index is 0.256. The molecule has 2 rings (SSSR count). The molecular weight excluding hydrogens is 212 g/mol.